The Balaban J connectivity index is 2.09. The molecule has 1 saturated carbocycles. The minimum Gasteiger partial charge on any atom is -0.387 e. The van der Waals surface area contributed by atoms with E-state index in [0.717, 1.165) is 24.6 Å². The fourth-order valence-electron chi connectivity index (χ4n) is 1.95. The number of benzene rings is 1. The molecule has 0 amide bonds. The molecule has 0 spiro atoms. The second-order valence-corrected chi connectivity index (χ2v) is 4.50. The monoisotopic (exact) mass is 231 g/mol. The van der Waals surface area contributed by atoms with Crippen molar-refractivity contribution in [1.82, 2.24) is 0 Å². The normalized spacial score (nSPS) is 16.0. The fourth-order valence-corrected chi connectivity index (χ4v) is 1.95. The van der Waals surface area contributed by atoms with E-state index in [1.165, 1.54) is 18.5 Å². The molecule has 92 valence electrons. The van der Waals surface area contributed by atoms with Crippen molar-refractivity contribution in [3.8, 4) is 0 Å². The zero-order chi connectivity index (χ0) is 12.3. The number of anilines is 1. The van der Waals surface area contributed by atoms with Crippen molar-refractivity contribution in [1.29, 1.82) is 0 Å². The predicted molar refractivity (Wildman–Crippen MR) is 74.0 cm³/mol. The van der Waals surface area contributed by atoms with E-state index >= 15 is 0 Å². The van der Waals surface area contributed by atoms with Crippen LogP contribution < -0.4 is 10.6 Å². The maximum Gasteiger partial charge on any atom is 0.103 e. The molecule has 3 heteroatoms. The average molecular weight is 231 g/mol. The third-order valence-electron chi connectivity index (χ3n) is 3.23. The molecule has 0 atom stereocenters. The molecule has 1 aliphatic rings. The van der Waals surface area contributed by atoms with Gasteiger partial charge in [-0.2, -0.15) is 0 Å². The number of nitrogens with zero attached hydrogens (tertiary/aromatic N) is 2. The molecular formula is C14H21N3. The number of aliphatic imine (C=N–C) groups is 1. The van der Waals surface area contributed by atoms with Gasteiger partial charge in [0.05, 0.1) is 5.69 Å². The van der Waals surface area contributed by atoms with Crippen LogP contribution in [-0.4, -0.2) is 18.9 Å². The van der Waals surface area contributed by atoms with Crippen LogP contribution in [0.3, 0.4) is 0 Å². The molecule has 0 saturated heterocycles. The van der Waals surface area contributed by atoms with Crippen LogP contribution in [0.15, 0.2) is 29.3 Å². The molecule has 0 aliphatic heterocycles. The zero-order valence-corrected chi connectivity index (χ0v) is 10.7. The maximum atomic E-state index is 5.90. The molecule has 17 heavy (non-hydrogen) atoms. The van der Waals surface area contributed by atoms with E-state index in [9.17, 15) is 0 Å². The second-order valence-electron chi connectivity index (χ2n) is 4.50. The van der Waals surface area contributed by atoms with Gasteiger partial charge in [0, 0.05) is 24.7 Å². The van der Waals surface area contributed by atoms with Gasteiger partial charge in [-0.3, -0.25) is 0 Å². The van der Waals surface area contributed by atoms with E-state index < -0.39 is 0 Å². The quantitative estimate of drug-likeness (QED) is 0.625. The summed E-state index contributed by atoms with van der Waals surface area (Å²) in [6.07, 6.45) is 2.40. The van der Waals surface area contributed by atoms with Crippen LogP contribution in [-0.2, 0) is 0 Å². The lowest BCUT2D eigenvalue weighted by Gasteiger charge is -2.20. The minimum atomic E-state index is 0.539. The Morgan fingerprint density at radius 2 is 1.82 bits per heavy atom. The topological polar surface area (TPSA) is 41.6 Å². The SMILES string of the molecule is CCN(CC)c1ccc(N=C(N)C2CC2)cc1. The highest BCUT2D eigenvalue weighted by molar-refractivity contribution is 5.87. The molecule has 1 aromatic rings. The van der Waals surface area contributed by atoms with Gasteiger partial charge >= 0.3 is 0 Å². The van der Waals surface area contributed by atoms with Crippen LogP contribution in [0.4, 0.5) is 11.4 Å². The van der Waals surface area contributed by atoms with E-state index in [0.29, 0.717) is 5.92 Å². The van der Waals surface area contributed by atoms with Gasteiger partial charge in [-0.25, -0.2) is 4.99 Å². The number of hydrogen-bond acceptors (Lipinski definition) is 2. The molecule has 0 heterocycles. The van der Waals surface area contributed by atoms with Gasteiger partial charge in [0.25, 0.3) is 0 Å². The molecule has 2 rings (SSSR count). The molecule has 0 aromatic heterocycles. The van der Waals surface area contributed by atoms with Crippen molar-refractivity contribution in [3.05, 3.63) is 24.3 Å². The number of rotatable bonds is 5. The number of amidine groups is 1. The smallest absolute Gasteiger partial charge is 0.103 e. The van der Waals surface area contributed by atoms with Gasteiger partial charge in [0.15, 0.2) is 0 Å². The predicted octanol–water partition coefficient (Wildman–Crippen LogP) is 2.93. The fraction of sp³-hybridized carbons (Fsp3) is 0.500. The first kappa shape index (κ1) is 12.0. The Hall–Kier alpha value is -1.51. The van der Waals surface area contributed by atoms with Gasteiger partial charge in [0.1, 0.15) is 5.84 Å². The van der Waals surface area contributed by atoms with Gasteiger partial charge in [-0.15, -0.1) is 0 Å². The lowest BCUT2D eigenvalue weighted by atomic mass is 10.2. The van der Waals surface area contributed by atoms with Crippen LogP contribution in [0, 0.1) is 5.92 Å². The molecule has 3 nitrogen and oxygen atoms in total. The van der Waals surface area contributed by atoms with Crippen LogP contribution in [0.5, 0.6) is 0 Å². The van der Waals surface area contributed by atoms with Gasteiger partial charge in [-0.05, 0) is 51.0 Å². The van der Waals surface area contributed by atoms with Crippen LogP contribution in [0.25, 0.3) is 0 Å². The Kier molecular flexibility index (Phi) is 3.67. The summed E-state index contributed by atoms with van der Waals surface area (Å²) in [5, 5.41) is 0. The van der Waals surface area contributed by atoms with E-state index in [1.54, 1.807) is 0 Å². The van der Waals surface area contributed by atoms with Crippen molar-refractivity contribution < 1.29 is 0 Å². The van der Waals surface area contributed by atoms with Crippen LogP contribution >= 0.6 is 0 Å². The Morgan fingerprint density at radius 3 is 2.29 bits per heavy atom. The first-order valence-electron chi connectivity index (χ1n) is 6.43. The van der Waals surface area contributed by atoms with Crippen molar-refractivity contribution >= 4 is 17.2 Å². The minimum absolute atomic E-state index is 0.539. The van der Waals surface area contributed by atoms with Crippen molar-refractivity contribution in [3.63, 3.8) is 0 Å². The van der Waals surface area contributed by atoms with E-state index in [-0.39, 0.29) is 0 Å². The molecular weight excluding hydrogens is 210 g/mol. The summed E-state index contributed by atoms with van der Waals surface area (Å²) >= 11 is 0. The van der Waals surface area contributed by atoms with E-state index in [2.05, 4.69) is 35.9 Å². The molecule has 1 fully saturated rings. The summed E-state index contributed by atoms with van der Waals surface area (Å²) < 4.78 is 0. The number of hydrogen-bond donors (Lipinski definition) is 1. The summed E-state index contributed by atoms with van der Waals surface area (Å²) in [5.74, 6) is 1.33. The summed E-state index contributed by atoms with van der Waals surface area (Å²) in [7, 11) is 0. The van der Waals surface area contributed by atoms with Crippen molar-refractivity contribution in [2.45, 2.75) is 26.7 Å². The zero-order valence-electron chi connectivity index (χ0n) is 10.7. The highest BCUT2D eigenvalue weighted by Crippen LogP contribution is 2.30. The molecule has 0 bridgehead atoms. The second kappa shape index (κ2) is 5.21. The third-order valence-corrected chi connectivity index (χ3v) is 3.23. The molecule has 1 aliphatic carbocycles. The first-order chi connectivity index (χ1) is 8.24. The number of nitrogens with two attached hydrogens (primary N) is 1. The largest absolute Gasteiger partial charge is 0.387 e. The van der Waals surface area contributed by atoms with Crippen LogP contribution in [0.1, 0.15) is 26.7 Å². The summed E-state index contributed by atoms with van der Waals surface area (Å²) in [5.41, 5.74) is 8.11. The average Bonchev–Trinajstić information content (AvgIpc) is 3.17. The van der Waals surface area contributed by atoms with Crippen molar-refractivity contribution in [2.24, 2.45) is 16.6 Å². The van der Waals surface area contributed by atoms with Gasteiger partial charge < -0.3 is 10.6 Å². The lowest BCUT2D eigenvalue weighted by Crippen LogP contribution is -2.21. The third kappa shape index (κ3) is 2.99. The highest BCUT2D eigenvalue weighted by atomic mass is 15.1. The molecule has 0 unspecified atom stereocenters. The lowest BCUT2D eigenvalue weighted by molar-refractivity contribution is 0.866. The Labute approximate surface area is 103 Å². The summed E-state index contributed by atoms with van der Waals surface area (Å²) in [6.45, 7) is 6.40. The highest BCUT2D eigenvalue weighted by Gasteiger charge is 2.25. The van der Waals surface area contributed by atoms with E-state index in [4.69, 9.17) is 5.73 Å². The molecule has 1 aromatic carbocycles. The summed E-state index contributed by atoms with van der Waals surface area (Å²) in [6, 6.07) is 8.32. The molecule has 2 N–H and O–H groups in total. The van der Waals surface area contributed by atoms with Gasteiger partial charge in [0.2, 0.25) is 0 Å². The van der Waals surface area contributed by atoms with Crippen molar-refractivity contribution in [2.75, 3.05) is 18.0 Å². The van der Waals surface area contributed by atoms with Crippen LogP contribution in [0.2, 0.25) is 0 Å². The van der Waals surface area contributed by atoms with Gasteiger partial charge in [-0.1, -0.05) is 0 Å². The standard InChI is InChI=1S/C14H21N3/c1-3-17(4-2)13-9-7-12(8-10-13)16-14(15)11-5-6-11/h7-11H,3-6H2,1-2H3,(H2,15,16). The summed E-state index contributed by atoms with van der Waals surface area (Å²) in [4.78, 5) is 6.77. The van der Waals surface area contributed by atoms with E-state index in [1.807, 2.05) is 12.1 Å². The molecule has 0 radical (unpaired) electrons. The first-order valence-corrected chi connectivity index (χ1v) is 6.43. The Bertz CT molecular complexity index is 386. The Morgan fingerprint density at radius 1 is 1.24 bits per heavy atom. The maximum absolute atomic E-state index is 5.90.